The second kappa shape index (κ2) is 7.53. The van der Waals surface area contributed by atoms with Crippen molar-refractivity contribution in [3.05, 3.63) is 35.4 Å². The second-order valence-corrected chi connectivity index (χ2v) is 4.48. The number of aliphatic hydroxyl groups is 1. The molecule has 0 aliphatic heterocycles. The lowest BCUT2D eigenvalue weighted by molar-refractivity contribution is 0.0681. The average molecular weight is 266 g/mol. The normalized spacial score (nSPS) is 15.2. The molecule has 0 saturated heterocycles. The number of rotatable bonds is 2. The van der Waals surface area contributed by atoms with E-state index in [0.717, 1.165) is 12.8 Å². The molecule has 1 aliphatic rings. The molecule has 104 valence electrons. The van der Waals surface area contributed by atoms with E-state index in [1.54, 1.807) is 0 Å². The van der Waals surface area contributed by atoms with Crippen LogP contribution in [0.4, 0.5) is 0 Å². The lowest BCUT2D eigenvalue weighted by atomic mass is 9.98. The molecule has 5 nitrogen and oxygen atoms in total. The Morgan fingerprint density at radius 3 is 1.42 bits per heavy atom. The summed E-state index contributed by atoms with van der Waals surface area (Å²) in [6, 6.07) is 5.02. The molecule has 0 radical (unpaired) electrons. The Bertz CT molecular complexity index is 385. The molecule has 5 heteroatoms. The van der Waals surface area contributed by atoms with Gasteiger partial charge in [-0.3, -0.25) is 0 Å². The largest absolute Gasteiger partial charge is 0.478 e. The van der Waals surface area contributed by atoms with Gasteiger partial charge in [-0.2, -0.15) is 0 Å². The molecule has 0 atom stereocenters. The summed E-state index contributed by atoms with van der Waals surface area (Å²) in [5.74, 6) is -2.13. The van der Waals surface area contributed by atoms with Gasteiger partial charge in [0.2, 0.25) is 0 Å². The van der Waals surface area contributed by atoms with Gasteiger partial charge in [-0.1, -0.05) is 19.3 Å². The van der Waals surface area contributed by atoms with E-state index < -0.39 is 11.9 Å². The van der Waals surface area contributed by atoms with Gasteiger partial charge in [0, 0.05) is 0 Å². The van der Waals surface area contributed by atoms with Crippen molar-refractivity contribution in [2.24, 2.45) is 0 Å². The number of carboxylic acids is 2. The van der Waals surface area contributed by atoms with Crippen molar-refractivity contribution >= 4 is 11.9 Å². The van der Waals surface area contributed by atoms with E-state index in [4.69, 9.17) is 15.3 Å². The third-order valence-corrected chi connectivity index (χ3v) is 2.95. The smallest absolute Gasteiger partial charge is 0.335 e. The lowest BCUT2D eigenvalue weighted by Gasteiger charge is -2.14. The van der Waals surface area contributed by atoms with Gasteiger partial charge in [-0.25, -0.2) is 9.59 Å². The maximum atomic E-state index is 10.3. The summed E-state index contributed by atoms with van der Waals surface area (Å²) in [5, 5.41) is 25.8. The Balaban J connectivity index is 0.000000218. The van der Waals surface area contributed by atoms with E-state index in [0.29, 0.717) is 0 Å². The fourth-order valence-corrected chi connectivity index (χ4v) is 1.84. The Morgan fingerprint density at radius 1 is 0.842 bits per heavy atom. The minimum atomic E-state index is -1.06. The molecule has 19 heavy (non-hydrogen) atoms. The van der Waals surface area contributed by atoms with Gasteiger partial charge in [-0.05, 0) is 37.1 Å². The molecule has 1 aromatic rings. The van der Waals surface area contributed by atoms with Gasteiger partial charge in [-0.15, -0.1) is 0 Å². The van der Waals surface area contributed by atoms with Gasteiger partial charge < -0.3 is 15.3 Å². The first-order valence-electron chi connectivity index (χ1n) is 6.25. The minimum Gasteiger partial charge on any atom is -0.478 e. The molecule has 0 amide bonds. The van der Waals surface area contributed by atoms with Crippen molar-refractivity contribution in [2.75, 3.05) is 0 Å². The molecular weight excluding hydrogens is 248 g/mol. The van der Waals surface area contributed by atoms with Gasteiger partial charge in [0.1, 0.15) is 0 Å². The fourth-order valence-electron chi connectivity index (χ4n) is 1.84. The highest BCUT2D eigenvalue weighted by molar-refractivity contribution is 5.91. The van der Waals surface area contributed by atoms with E-state index in [-0.39, 0.29) is 17.2 Å². The maximum Gasteiger partial charge on any atom is 0.335 e. The van der Waals surface area contributed by atoms with E-state index >= 15 is 0 Å². The summed E-state index contributed by atoms with van der Waals surface area (Å²) >= 11 is 0. The Labute approximate surface area is 111 Å². The highest BCUT2D eigenvalue weighted by atomic mass is 16.4. The van der Waals surface area contributed by atoms with E-state index in [2.05, 4.69) is 0 Å². The number of hydrogen-bond donors (Lipinski definition) is 3. The highest BCUT2D eigenvalue weighted by Gasteiger charge is 2.07. The third kappa shape index (κ3) is 5.52. The zero-order valence-electron chi connectivity index (χ0n) is 10.6. The number of aliphatic hydroxyl groups excluding tert-OH is 1. The molecule has 1 saturated carbocycles. The number of carbonyl (C=O) groups is 2. The van der Waals surface area contributed by atoms with Crippen LogP contribution in [0.5, 0.6) is 0 Å². The monoisotopic (exact) mass is 266 g/mol. The number of carboxylic acid groups (broad SMARTS) is 2. The zero-order chi connectivity index (χ0) is 14.3. The van der Waals surface area contributed by atoms with Gasteiger partial charge >= 0.3 is 11.9 Å². The number of aromatic carboxylic acids is 2. The summed E-state index contributed by atoms with van der Waals surface area (Å²) in [6.07, 6.45) is 5.92. The molecule has 1 aromatic carbocycles. The van der Waals surface area contributed by atoms with Crippen LogP contribution in [-0.4, -0.2) is 33.4 Å². The standard InChI is InChI=1S/C8H6O4.C6H12O/c9-7(10)5-1-2-6(4-3-5)8(11)12;7-6-4-2-1-3-5-6/h1-4H,(H,9,10)(H,11,12);6-7H,1-5H2. The minimum absolute atomic E-state index is 0.0359. The Hall–Kier alpha value is -1.88. The average Bonchev–Trinajstić information content (AvgIpc) is 2.40. The van der Waals surface area contributed by atoms with E-state index in [9.17, 15) is 9.59 Å². The summed E-state index contributed by atoms with van der Waals surface area (Å²) in [4.78, 5) is 20.7. The Kier molecular flexibility index (Phi) is 6.02. The van der Waals surface area contributed by atoms with Crippen molar-refractivity contribution in [1.29, 1.82) is 0 Å². The van der Waals surface area contributed by atoms with E-state index in [1.165, 1.54) is 43.5 Å². The number of benzene rings is 1. The first-order valence-corrected chi connectivity index (χ1v) is 6.25. The maximum absolute atomic E-state index is 10.3. The summed E-state index contributed by atoms with van der Waals surface area (Å²) in [5.41, 5.74) is 0.167. The lowest BCUT2D eigenvalue weighted by Crippen LogP contribution is -2.09. The van der Waals surface area contributed by atoms with Crippen LogP contribution in [0.3, 0.4) is 0 Å². The van der Waals surface area contributed by atoms with Crippen LogP contribution >= 0.6 is 0 Å². The summed E-state index contributed by atoms with van der Waals surface area (Å²) < 4.78 is 0. The molecule has 0 unspecified atom stereocenters. The molecule has 3 N–H and O–H groups in total. The first kappa shape index (κ1) is 15.2. The van der Waals surface area contributed by atoms with Gasteiger partial charge in [0.15, 0.2) is 0 Å². The quantitative estimate of drug-likeness (QED) is 0.764. The predicted molar refractivity (Wildman–Crippen MR) is 69.5 cm³/mol. The zero-order valence-corrected chi connectivity index (χ0v) is 10.6. The first-order chi connectivity index (χ1) is 9.00. The van der Waals surface area contributed by atoms with Crippen molar-refractivity contribution < 1.29 is 24.9 Å². The second-order valence-electron chi connectivity index (χ2n) is 4.48. The summed E-state index contributed by atoms with van der Waals surface area (Å²) in [6.45, 7) is 0. The van der Waals surface area contributed by atoms with Crippen molar-refractivity contribution in [3.63, 3.8) is 0 Å². The predicted octanol–water partition coefficient (Wildman–Crippen LogP) is 2.39. The van der Waals surface area contributed by atoms with Crippen LogP contribution in [0.2, 0.25) is 0 Å². The SMILES string of the molecule is O=C(O)c1ccc(C(=O)O)cc1.OC1CCCCC1. The molecule has 0 heterocycles. The number of hydrogen-bond acceptors (Lipinski definition) is 3. The van der Waals surface area contributed by atoms with Crippen LogP contribution in [0.1, 0.15) is 52.8 Å². The van der Waals surface area contributed by atoms with E-state index in [1.807, 2.05) is 0 Å². The van der Waals surface area contributed by atoms with Gasteiger partial charge in [0.25, 0.3) is 0 Å². The molecule has 0 aromatic heterocycles. The molecule has 2 rings (SSSR count). The Morgan fingerprint density at radius 2 is 1.21 bits per heavy atom. The molecule has 1 fully saturated rings. The fraction of sp³-hybridized carbons (Fsp3) is 0.429. The highest BCUT2D eigenvalue weighted by Crippen LogP contribution is 2.16. The van der Waals surface area contributed by atoms with Crippen molar-refractivity contribution in [2.45, 2.75) is 38.2 Å². The summed E-state index contributed by atoms with van der Waals surface area (Å²) in [7, 11) is 0. The van der Waals surface area contributed by atoms with Crippen LogP contribution in [-0.2, 0) is 0 Å². The van der Waals surface area contributed by atoms with Crippen LogP contribution < -0.4 is 0 Å². The van der Waals surface area contributed by atoms with Crippen LogP contribution in [0.25, 0.3) is 0 Å². The van der Waals surface area contributed by atoms with Crippen LogP contribution in [0, 0.1) is 0 Å². The van der Waals surface area contributed by atoms with Crippen molar-refractivity contribution in [1.82, 2.24) is 0 Å². The molecular formula is C14H18O5. The van der Waals surface area contributed by atoms with Gasteiger partial charge in [0.05, 0.1) is 17.2 Å². The van der Waals surface area contributed by atoms with Crippen molar-refractivity contribution in [3.8, 4) is 0 Å². The van der Waals surface area contributed by atoms with Crippen LogP contribution in [0.15, 0.2) is 24.3 Å². The third-order valence-electron chi connectivity index (χ3n) is 2.95. The topological polar surface area (TPSA) is 94.8 Å². The molecule has 0 bridgehead atoms. The molecule has 0 spiro atoms. The molecule has 1 aliphatic carbocycles.